The zero-order valence-electron chi connectivity index (χ0n) is 17.4. The lowest BCUT2D eigenvalue weighted by Gasteiger charge is -2.29. The second-order valence-electron chi connectivity index (χ2n) is 7.28. The van der Waals surface area contributed by atoms with Gasteiger partial charge in [0.25, 0.3) is 0 Å². The molecule has 0 aliphatic heterocycles. The Balaban J connectivity index is 2.20. The van der Waals surface area contributed by atoms with Crippen molar-refractivity contribution in [2.45, 2.75) is 38.0 Å². The molecule has 0 radical (unpaired) electrons. The highest BCUT2D eigenvalue weighted by Crippen LogP contribution is 2.21. The fourth-order valence-electron chi connectivity index (χ4n) is 3.05. The molecule has 0 aliphatic carbocycles. The first kappa shape index (κ1) is 23.0. The molecule has 4 nitrogen and oxygen atoms in total. The Labute approximate surface area is 182 Å². The van der Waals surface area contributed by atoms with E-state index in [9.17, 15) is 4.79 Å². The summed E-state index contributed by atoms with van der Waals surface area (Å²) in [5.41, 5.74) is 2.76. The van der Waals surface area contributed by atoms with Crippen LogP contribution in [0.25, 0.3) is 10.9 Å². The molecule has 29 heavy (non-hydrogen) atoms. The maximum atomic E-state index is 13.0. The Bertz CT molecular complexity index is 1000. The van der Waals surface area contributed by atoms with Crippen molar-refractivity contribution in [2.24, 2.45) is 4.99 Å². The Morgan fingerprint density at radius 1 is 1.45 bits per heavy atom. The maximum Gasteiger partial charge on any atom is 0.234 e. The van der Waals surface area contributed by atoms with Gasteiger partial charge in [-0.05, 0) is 63.3 Å². The van der Waals surface area contributed by atoms with Crippen LogP contribution in [0.3, 0.4) is 0 Å². The Hall–Kier alpha value is -2.29. The number of terminal acetylenes is 1. The van der Waals surface area contributed by atoms with E-state index in [1.807, 2.05) is 44.4 Å². The van der Waals surface area contributed by atoms with Gasteiger partial charge >= 0.3 is 0 Å². The van der Waals surface area contributed by atoms with E-state index in [2.05, 4.69) is 21.2 Å². The Morgan fingerprint density at radius 2 is 2.17 bits per heavy atom. The number of carbonyl (C=O) groups is 1. The number of aromatic nitrogens is 1. The average molecular weight is 428 g/mol. The predicted octanol–water partition coefficient (Wildman–Crippen LogP) is 4.60. The van der Waals surface area contributed by atoms with Crippen LogP contribution in [-0.4, -0.2) is 40.7 Å². The largest absolute Gasteiger partial charge is 0.345 e. The van der Waals surface area contributed by atoms with Crippen LogP contribution in [0.15, 0.2) is 46.6 Å². The van der Waals surface area contributed by atoms with E-state index < -0.39 is 5.54 Å². The van der Waals surface area contributed by atoms with Crippen molar-refractivity contribution < 1.29 is 4.79 Å². The van der Waals surface area contributed by atoms with Crippen LogP contribution in [0.1, 0.15) is 31.9 Å². The van der Waals surface area contributed by atoms with Gasteiger partial charge in [0.05, 0.1) is 22.0 Å². The molecule has 1 amide bonds. The minimum atomic E-state index is -0.634. The number of carbonyl (C=O) groups excluding carboxylic acids is 1. The molecule has 2 rings (SSSR count). The van der Waals surface area contributed by atoms with Crippen LogP contribution >= 0.6 is 23.4 Å². The van der Waals surface area contributed by atoms with Gasteiger partial charge in [0.1, 0.15) is 0 Å². The third-order valence-electron chi connectivity index (χ3n) is 4.56. The van der Waals surface area contributed by atoms with Crippen LogP contribution in [0.2, 0.25) is 0 Å². The van der Waals surface area contributed by atoms with E-state index in [1.54, 1.807) is 26.2 Å². The number of hydrogen-bond donors (Lipinski definition) is 1. The van der Waals surface area contributed by atoms with E-state index in [-0.39, 0.29) is 11.2 Å². The van der Waals surface area contributed by atoms with Gasteiger partial charge in [0, 0.05) is 29.2 Å². The molecule has 0 saturated heterocycles. The van der Waals surface area contributed by atoms with Crippen LogP contribution < -0.4 is 5.32 Å². The van der Waals surface area contributed by atoms with E-state index in [0.717, 1.165) is 27.7 Å². The van der Waals surface area contributed by atoms with Gasteiger partial charge in [0.2, 0.25) is 5.91 Å². The zero-order chi connectivity index (χ0) is 21.6. The van der Waals surface area contributed by atoms with Crippen LogP contribution in [0, 0.1) is 12.3 Å². The molecule has 6 heteroatoms. The van der Waals surface area contributed by atoms with E-state index in [1.165, 1.54) is 11.8 Å². The number of rotatable bonds is 7. The molecule has 1 heterocycles. The van der Waals surface area contributed by atoms with E-state index >= 15 is 0 Å². The van der Waals surface area contributed by atoms with Crippen molar-refractivity contribution in [1.82, 2.24) is 10.3 Å². The number of nitrogens with zero attached hydrogens (tertiary/aromatic N) is 2. The summed E-state index contributed by atoms with van der Waals surface area (Å²) in [4.78, 5) is 21.6. The summed E-state index contributed by atoms with van der Waals surface area (Å²) in [5.74, 6) is 2.57. The fourth-order valence-corrected chi connectivity index (χ4v) is 3.78. The minimum Gasteiger partial charge on any atom is -0.345 e. The van der Waals surface area contributed by atoms with Crippen molar-refractivity contribution in [3.05, 3.63) is 52.7 Å². The Morgan fingerprint density at radius 3 is 2.76 bits per heavy atom. The predicted molar refractivity (Wildman–Crippen MR) is 126 cm³/mol. The number of allylic oxidation sites excluding steroid dienone is 1. The molecule has 0 spiro atoms. The molecule has 0 aliphatic rings. The molecule has 1 atom stereocenters. The van der Waals surface area contributed by atoms with E-state index in [4.69, 9.17) is 18.0 Å². The monoisotopic (exact) mass is 427 g/mol. The number of hydrogen-bond acceptors (Lipinski definition) is 4. The van der Waals surface area contributed by atoms with Gasteiger partial charge in [-0.3, -0.25) is 14.8 Å². The second-order valence-corrected chi connectivity index (χ2v) is 8.91. The number of nitrogens with one attached hydrogen (secondary N) is 1. The highest BCUT2D eigenvalue weighted by molar-refractivity contribution is 7.99. The van der Waals surface area contributed by atoms with E-state index in [0.29, 0.717) is 11.5 Å². The van der Waals surface area contributed by atoms with Crippen molar-refractivity contribution in [3.8, 4) is 12.3 Å². The standard InChI is InChI=1S/C23H26ClN3OS/c1-7-16-11-18-12-17(8-9-19(18)26-14-16)13-20(29-6)22(28)27-23(3,4)21(25-5)10-15(2)24/h1,8-12,14,20H,13H2,2-6H3,(H,27,28)/b15-10+,25-21+. The lowest BCUT2D eigenvalue weighted by atomic mass is 9.96. The highest BCUT2D eigenvalue weighted by Gasteiger charge is 2.29. The third kappa shape index (κ3) is 6.09. The molecular weight excluding hydrogens is 402 g/mol. The normalized spacial score (nSPS) is 13.8. The number of thioether (sulfide) groups is 1. The zero-order valence-corrected chi connectivity index (χ0v) is 19.0. The lowest BCUT2D eigenvalue weighted by Crippen LogP contribution is -2.52. The van der Waals surface area contributed by atoms with Crippen LogP contribution in [0.5, 0.6) is 0 Å². The summed E-state index contributed by atoms with van der Waals surface area (Å²) >= 11 is 7.52. The smallest absolute Gasteiger partial charge is 0.234 e. The maximum absolute atomic E-state index is 13.0. The first-order valence-corrected chi connectivity index (χ1v) is 10.9. The number of halogens is 1. The summed E-state index contributed by atoms with van der Waals surface area (Å²) in [7, 11) is 1.69. The number of aliphatic imine (C=N–C) groups is 1. The Kier molecular flexibility index (Phi) is 7.89. The summed E-state index contributed by atoms with van der Waals surface area (Å²) < 4.78 is 0. The summed E-state index contributed by atoms with van der Waals surface area (Å²) in [6, 6.07) is 7.95. The third-order valence-corrected chi connectivity index (χ3v) is 5.62. The fraction of sp³-hybridized carbons (Fsp3) is 0.348. The quantitative estimate of drug-likeness (QED) is 0.519. The molecule has 0 bridgehead atoms. The SMILES string of the molecule is C#Cc1cnc2ccc(CC(SC)C(=O)NC(C)(C)C(/C=C(\C)Cl)=N/C)cc2c1. The number of fused-ring (bicyclic) bond motifs is 1. The summed E-state index contributed by atoms with van der Waals surface area (Å²) in [6.07, 6.45) is 11.5. The molecule has 0 saturated carbocycles. The number of amides is 1. The van der Waals surface area contributed by atoms with Crippen LogP contribution in [0.4, 0.5) is 0 Å². The molecular formula is C23H26ClN3OS. The van der Waals surface area contributed by atoms with Gasteiger partial charge in [-0.15, -0.1) is 6.42 Å². The van der Waals surface area contributed by atoms with Crippen molar-refractivity contribution in [3.63, 3.8) is 0 Å². The number of pyridine rings is 1. The van der Waals surface area contributed by atoms with Gasteiger partial charge in [-0.1, -0.05) is 23.6 Å². The van der Waals surface area contributed by atoms with Crippen molar-refractivity contribution in [2.75, 3.05) is 13.3 Å². The van der Waals surface area contributed by atoms with Crippen LogP contribution in [-0.2, 0) is 11.2 Å². The molecule has 1 aromatic carbocycles. The lowest BCUT2D eigenvalue weighted by molar-refractivity contribution is -0.121. The van der Waals surface area contributed by atoms with Gasteiger partial charge in [-0.2, -0.15) is 11.8 Å². The van der Waals surface area contributed by atoms with Gasteiger partial charge < -0.3 is 5.32 Å². The molecule has 1 unspecified atom stereocenters. The first-order chi connectivity index (χ1) is 13.7. The molecule has 152 valence electrons. The molecule has 0 fully saturated rings. The molecule has 2 aromatic rings. The molecule has 1 N–H and O–H groups in total. The number of benzene rings is 1. The van der Waals surface area contributed by atoms with Gasteiger partial charge in [-0.25, -0.2) is 0 Å². The first-order valence-electron chi connectivity index (χ1n) is 9.21. The molecule has 1 aromatic heterocycles. The topological polar surface area (TPSA) is 54.4 Å². The van der Waals surface area contributed by atoms with Gasteiger partial charge in [0.15, 0.2) is 0 Å². The van der Waals surface area contributed by atoms with Crippen molar-refractivity contribution >= 4 is 45.9 Å². The summed E-state index contributed by atoms with van der Waals surface area (Å²) in [6.45, 7) is 5.63. The highest BCUT2D eigenvalue weighted by atomic mass is 35.5. The second kappa shape index (κ2) is 9.96. The summed E-state index contributed by atoms with van der Waals surface area (Å²) in [5, 5.41) is 4.46. The minimum absolute atomic E-state index is 0.0418. The average Bonchev–Trinajstić information content (AvgIpc) is 2.68. The van der Waals surface area contributed by atoms with Crippen molar-refractivity contribution in [1.29, 1.82) is 0 Å².